The molecule has 0 saturated carbocycles. The fourth-order valence-corrected chi connectivity index (χ4v) is 2.75. The molecule has 11 nitrogen and oxygen atoms in total. The van der Waals surface area contributed by atoms with Gasteiger partial charge in [-0.15, -0.1) is 0 Å². The van der Waals surface area contributed by atoms with E-state index in [-0.39, 0.29) is 32.9 Å². The summed E-state index contributed by atoms with van der Waals surface area (Å²) >= 11 is 16.3. The molecule has 1 N–H and O–H groups in total. The smallest absolute Gasteiger partial charge is 0.329 e. The van der Waals surface area contributed by atoms with Gasteiger partial charge in [-0.3, -0.25) is 20.2 Å². The van der Waals surface area contributed by atoms with Crippen LogP contribution in [-0.2, 0) is 6.54 Å². The molecule has 0 atom stereocenters. The molecule has 0 fully saturated rings. The number of halogens is 3. The van der Waals surface area contributed by atoms with Crippen LogP contribution in [0.3, 0.4) is 0 Å². The lowest BCUT2D eigenvalue weighted by atomic mass is 10.1. The summed E-state index contributed by atoms with van der Waals surface area (Å²) in [6.07, 6.45) is 2.05. The highest BCUT2D eigenvalue weighted by Crippen LogP contribution is 2.23. The Balaban J connectivity index is 0.000000262. The average molecular weight is 487 g/mol. The van der Waals surface area contributed by atoms with E-state index in [1.807, 2.05) is 32.0 Å². The third kappa shape index (κ3) is 6.95. The molecule has 1 aromatic carbocycles. The summed E-state index contributed by atoms with van der Waals surface area (Å²) in [4.78, 5) is 34.1. The van der Waals surface area contributed by atoms with Gasteiger partial charge in [-0.1, -0.05) is 35.4 Å². The molecule has 2 aromatic heterocycles. The summed E-state index contributed by atoms with van der Waals surface area (Å²) in [5.74, 6) is 0.121. The summed E-state index contributed by atoms with van der Waals surface area (Å²) < 4.78 is 0. The number of benzene rings is 1. The maximum Gasteiger partial charge on any atom is 0.329 e. The molecular formula is C17H14Cl3N7O4. The molecule has 0 spiro atoms. The van der Waals surface area contributed by atoms with Gasteiger partial charge in [-0.05, 0) is 48.2 Å². The van der Waals surface area contributed by atoms with E-state index in [0.29, 0.717) is 6.54 Å². The van der Waals surface area contributed by atoms with E-state index in [2.05, 4.69) is 25.3 Å². The van der Waals surface area contributed by atoms with Crippen molar-refractivity contribution in [1.29, 1.82) is 0 Å². The molecule has 0 bridgehead atoms. The van der Waals surface area contributed by atoms with Gasteiger partial charge >= 0.3 is 11.4 Å². The third-order valence-corrected chi connectivity index (χ3v) is 4.42. The normalized spacial score (nSPS) is 10.1. The first-order valence-electron chi connectivity index (χ1n) is 8.37. The van der Waals surface area contributed by atoms with Crippen molar-refractivity contribution in [2.75, 3.05) is 5.32 Å². The van der Waals surface area contributed by atoms with Crippen molar-refractivity contribution in [2.45, 2.75) is 20.4 Å². The Bertz CT molecular complexity index is 1130. The SMILES string of the molecule is Cc1ccc(C)c(CNc2nc(Cl)ncc2[N+](=O)[O-])c1.O=[N+]([O-])c1cnc(Cl)nc1Cl. The van der Waals surface area contributed by atoms with Gasteiger partial charge in [0, 0.05) is 6.54 Å². The molecule has 0 aliphatic rings. The number of aryl methyl sites for hydroxylation is 2. The van der Waals surface area contributed by atoms with Gasteiger partial charge in [0.1, 0.15) is 12.4 Å². The zero-order valence-electron chi connectivity index (χ0n) is 16.0. The Hall–Kier alpha value is -3.15. The highest BCUT2D eigenvalue weighted by Gasteiger charge is 2.17. The summed E-state index contributed by atoms with van der Waals surface area (Å²) in [5, 5.41) is 23.6. The zero-order chi connectivity index (χ0) is 23.1. The molecule has 0 aliphatic carbocycles. The lowest BCUT2D eigenvalue weighted by Crippen LogP contribution is -2.06. The molecule has 162 valence electrons. The number of anilines is 1. The van der Waals surface area contributed by atoms with Gasteiger partial charge < -0.3 is 5.32 Å². The second kappa shape index (κ2) is 10.8. The molecule has 0 radical (unpaired) electrons. The van der Waals surface area contributed by atoms with Gasteiger partial charge in [0.05, 0.1) is 9.85 Å². The molecule has 0 aliphatic heterocycles. The third-order valence-electron chi connectivity index (χ3n) is 3.78. The number of rotatable bonds is 5. The van der Waals surface area contributed by atoms with Crippen LogP contribution in [-0.4, -0.2) is 29.8 Å². The second-order valence-corrected chi connectivity index (χ2v) is 7.02. The Kier molecular flexibility index (Phi) is 8.37. The van der Waals surface area contributed by atoms with E-state index >= 15 is 0 Å². The first-order chi connectivity index (χ1) is 14.6. The lowest BCUT2D eigenvalue weighted by molar-refractivity contribution is -0.385. The molecule has 2 heterocycles. The minimum atomic E-state index is -0.682. The standard InChI is InChI=1S/C13H13ClN4O2.C4HCl2N3O2/c1-8-3-4-9(2)10(5-8)6-15-12-11(18(19)20)7-16-13(14)17-12;5-3-2(9(10)11)1-7-4(6)8-3/h3-5,7H,6H2,1-2H3,(H,15,16,17);1H. The van der Waals surface area contributed by atoms with Crippen LogP contribution >= 0.6 is 34.8 Å². The maximum absolute atomic E-state index is 10.9. The van der Waals surface area contributed by atoms with Crippen LogP contribution in [0.5, 0.6) is 0 Å². The van der Waals surface area contributed by atoms with Gasteiger partial charge in [0.25, 0.3) is 0 Å². The topological polar surface area (TPSA) is 150 Å². The van der Waals surface area contributed by atoms with Crippen molar-refractivity contribution in [3.8, 4) is 0 Å². The van der Waals surface area contributed by atoms with Crippen molar-refractivity contribution < 1.29 is 9.85 Å². The van der Waals surface area contributed by atoms with Crippen molar-refractivity contribution in [3.05, 3.63) is 83.2 Å². The van der Waals surface area contributed by atoms with Crippen LogP contribution in [0.1, 0.15) is 16.7 Å². The molecule has 0 saturated heterocycles. The van der Waals surface area contributed by atoms with Crippen LogP contribution in [0.4, 0.5) is 17.2 Å². The monoisotopic (exact) mass is 485 g/mol. The number of hydrogen-bond donors (Lipinski definition) is 1. The van der Waals surface area contributed by atoms with Gasteiger partial charge in [-0.25, -0.2) is 9.97 Å². The fraction of sp³-hybridized carbons (Fsp3) is 0.176. The minimum Gasteiger partial charge on any atom is -0.360 e. The first-order valence-corrected chi connectivity index (χ1v) is 9.51. The predicted molar refractivity (Wildman–Crippen MR) is 116 cm³/mol. The second-order valence-electron chi connectivity index (χ2n) is 5.99. The molecule has 3 aromatic rings. The van der Waals surface area contributed by atoms with Crippen LogP contribution in [0.15, 0.2) is 30.6 Å². The fourth-order valence-electron chi connectivity index (χ4n) is 2.24. The Morgan fingerprint density at radius 1 is 0.935 bits per heavy atom. The number of aromatic nitrogens is 4. The van der Waals surface area contributed by atoms with E-state index in [1.54, 1.807) is 0 Å². The van der Waals surface area contributed by atoms with Crippen molar-refractivity contribution in [1.82, 2.24) is 19.9 Å². The molecule has 0 unspecified atom stereocenters. The summed E-state index contributed by atoms with van der Waals surface area (Å²) in [7, 11) is 0. The maximum atomic E-state index is 10.9. The number of nitro groups is 2. The van der Waals surface area contributed by atoms with Crippen molar-refractivity contribution in [3.63, 3.8) is 0 Å². The highest BCUT2D eigenvalue weighted by atomic mass is 35.5. The van der Waals surface area contributed by atoms with Gasteiger partial charge in [0.15, 0.2) is 0 Å². The number of nitrogens with one attached hydrogen (secondary N) is 1. The number of hydrogen-bond acceptors (Lipinski definition) is 9. The quantitative estimate of drug-likeness (QED) is 0.228. The Labute approximate surface area is 190 Å². The van der Waals surface area contributed by atoms with Gasteiger partial charge in [0.2, 0.25) is 21.5 Å². The zero-order valence-corrected chi connectivity index (χ0v) is 18.3. The number of nitrogens with zero attached hydrogens (tertiary/aromatic N) is 6. The van der Waals surface area contributed by atoms with Crippen LogP contribution in [0.25, 0.3) is 0 Å². The summed E-state index contributed by atoms with van der Waals surface area (Å²) in [5.41, 5.74) is 2.73. The first kappa shape index (κ1) is 24.1. The van der Waals surface area contributed by atoms with E-state index in [1.165, 1.54) is 0 Å². The minimum absolute atomic E-state index is 0.0286. The predicted octanol–water partition coefficient (Wildman–Crippen LogP) is 4.96. The molecular weight excluding hydrogens is 473 g/mol. The Morgan fingerprint density at radius 3 is 2.10 bits per heavy atom. The van der Waals surface area contributed by atoms with E-state index in [0.717, 1.165) is 29.1 Å². The molecule has 3 rings (SSSR count). The van der Waals surface area contributed by atoms with E-state index < -0.39 is 9.85 Å². The largest absolute Gasteiger partial charge is 0.360 e. The van der Waals surface area contributed by atoms with Gasteiger partial charge in [-0.2, -0.15) is 9.97 Å². The highest BCUT2D eigenvalue weighted by molar-refractivity contribution is 6.33. The Morgan fingerprint density at radius 2 is 1.52 bits per heavy atom. The average Bonchev–Trinajstić information content (AvgIpc) is 2.68. The molecule has 14 heteroatoms. The van der Waals surface area contributed by atoms with E-state index in [9.17, 15) is 20.2 Å². The van der Waals surface area contributed by atoms with Crippen LogP contribution < -0.4 is 5.32 Å². The van der Waals surface area contributed by atoms with Crippen molar-refractivity contribution >= 4 is 52.0 Å². The van der Waals surface area contributed by atoms with Crippen LogP contribution in [0, 0.1) is 34.1 Å². The summed E-state index contributed by atoms with van der Waals surface area (Å²) in [6.45, 7) is 4.41. The molecule has 0 amide bonds. The summed E-state index contributed by atoms with van der Waals surface area (Å²) in [6, 6.07) is 6.05. The van der Waals surface area contributed by atoms with Crippen molar-refractivity contribution in [2.24, 2.45) is 0 Å². The lowest BCUT2D eigenvalue weighted by Gasteiger charge is -2.09. The van der Waals surface area contributed by atoms with Crippen LogP contribution in [0.2, 0.25) is 15.7 Å². The molecule has 31 heavy (non-hydrogen) atoms. The van der Waals surface area contributed by atoms with E-state index in [4.69, 9.17) is 34.8 Å².